The quantitative estimate of drug-likeness (QED) is 0.353. The molecule has 0 aliphatic carbocycles. The van der Waals surface area contributed by atoms with Crippen molar-refractivity contribution in [3.05, 3.63) is 88.6 Å². The highest BCUT2D eigenvalue weighted by Gasteiger charge is 2.31. The van der Waals surface area contributed by atoms with E-state index >= 15 is 0 Å². The van der Waals surface area contributed by atoms with Crippen LogP contribution in [0.4, 0.5) is 19.0 Å². The van der Waals surface area contributed by atoms with E-state index in [9.17, 15) is 28.2 Å². The molecule has 192 valence electrons. The molecule has 2 aromatic carbocycles. The number of alkyl halides is 3. The SMILES string of the molecule is C[C@H](Cc1cccc(C(=O)N(C)Cc2cc(O)cc(C(F)(F)F)c2)c1)NC[C@@H](O)c1ccc(N)nc1. The molecule has 2 atom stereocenters. The monoisotopic (exact) mass is 502 g/mol. The molecule has 0 radical (unpaired) electrons. The molecule has 0 saturated carbocycles. The zero-order valence-electron chi connectivity index (χ0n) is 20.0. The van der Waals surface area contributed by atoms with E-state index in [1.165, 1.54) is 24.2 Å². The minimum absolute atomic E-state index is 0.0162. The maximum atomic E-state index is 13.0. The highest BCUT2D eigenvalue weighted by molar-refractivity contribution is 5.94. The lowest BCUT2D eigenvalue weighted by atomic mass is 10.0. The predicted molar refractivity (Wildman–Crippen MR) is 130 cm³/mol. The number of aromatic hydroxyl groups is 1. The Morgan fingerprint density at radius 2 is 1.89 bits per heavy atom. The van der Waals surface area contributed by atoms with Crippen molar-refractivity contribution in [1.82, 2.24) is 15.2 Å². The van der Waals surface area contributed by atoms with E-state index in [1.54, 1.807) is 30.3 Å². The van der Waals surface area contributed by atoms with Crippen molar-refractivity contribution in [2.45, 2.75) is 38.2 Å². The first-order chi connectivity index (χ1) is 16.9. The van der Waals surface area contributed by atoms with Crippen molar-refractivity contribution in [1.29, 1.82) is 0 Å². The summed E-state index contributed by atoms with van der Waals surface area (Å²) in [7, 11) is 1.49. The van der Waals surface area contributed by atoms with Crippen LogP contribution in [0.5, 0.6) is 5.75 Å². The normalized spacial score (nSPS) is 13.3. The molecule has 0 fully saturated rings. The molecule has 7 nitrogen and oxygen atoms in total. The fourth-order valence-electron chi connectivity index (χ4n) is 3.80. The number of aromatic nitrogens is 1. The van der Waals surface area contributed by atoms with E-state index in [1.807, 2.05) is 13.0 Å². The molecule has 3 aromatic rings. The number of pyridine rings is 1. The molecular weight excluding hydrogens is 473 g/mol. The second-order valence-corrected chi connectivity index (χ2v) is 8.79. The summed E-state index contributed by atoms with van der Waals surface area (Å²) in [5.41, 5.74) is 6.69. The number of hydrogen-bond donors (Lipinski definition) is 4. The first-order valence-corrected chi connectivity index (χ1v) is 11.3. The Morgan fingerprint density at radius 3 is 2.56 bits per heavy atom. The van der Waals surface area contributed by atoms with Gasteiger partial charge in [-0.3, -0.25) is 4.79 Å². The predicted octanol–water partition coefficient (Wildman–Crippen LogP) is 3.91. The number of hydrogen-bond acceptors (Lipinski definition) is 6. The van der Waals surface area contributed by atoms with Crippen LogP contribution in [-0.2, 0) is 19.1 Å². The number of nitrogens with zero attached hydrogens (tertiary/aromatic N) is 2. The number of phenolic OH excluding ortho intramolecular Hbond substituents is 1. The summed E-state index contributed by atoms with van der Waals surface area (Å²) in [4.78, 5) is 18.2. The number of phenols is 1. The van der Waals surface area contributed by atoms with Gasteiger partial charge in [-0.2, -0.15) is 13.2 Å². The van der Waals surface area contributed by atoms with Crippen molar-refractivity contribution < 1.29 is 28.2 Å². The van der Waals surface area contributed by atoms with Crippen LogP contribution in [0.25, 0.3) is 0 Å². The lowest BCUT2D eigenvalue weighted by Gasteiger charge is -2.20. The molecule has 3 rings (SSSR count). The van der Waals surface area contributed by atoms with Gasteiger partial charge in [-0.25, -0.2) is 4.98 Å². The molecule has 1 heterocycles. The average molecular weight is 503 g/mol. The Labute approximate surface area is 207 Å². The number of anilines is 1. The van der Waals surface area contributed by atoms with Gasteiger partial charge < -0.3 is 26.2 Å². The lowest BCUT2D eigenvalue weighted by molar-refractivity contribution is -0.137. The van der Waals surface area contributed by atoms with Crippen molar-refractivity contribution in [2.24, 2.45) is 0 Å². The van der Waals surface area contributed by atoms with Gasteiger partial charge in [-0.05, 0) is 60.9 Å². The van der Waals surface area contributed by atoms with Gasteiger partial charge in [-0.15, -0.1) is 0 Å². The van der Waals surface area contributed by atoms with E-state index in [2.05, 4.69) is 10.3 Å². The van der Waals surface area contributed by atoms with Crippen LogP contribution in [0, 0.1) is 0 Å². The summed E-state index contributed by atoms with van der Waals surface area (Å²) in [6.45, 7) is 2.16. The second kappa shape index (κ2) is 11.4. The lowest BCUT2D eigenvalue weighted by Crippen LogP contribution is -2.32. The maximum absolute atomic E-state index is 13.0. The molecule has 0 aliphatic rings. The third kappa shape index (κ3) is 7.43. The minimum Gasteiger partial charge on any atom is -0.508 e. The highest BCUT2D eigenvalue weighted by Crippen LogP contribution is 2.32. The van der Waals surface area contributed by atoms with Gasteiger partial charge >= 0.3 is 6.18 Å². The van der Waals surface area contributed by atoms with Gasteiger partial charge in [0.15, 0.2) is 0 Å². The number of aliphatic hydroxyl groups excluding tert-OH is 1. The third-order valence-electron chi connectivity index (χ3n) is 5.64. The number of benzene rings is 2. The number of carbonyl (C=O) groups is 1. The fourth-order valence-corrected chi connectivity index (χ4v) is 3.80. The van der Waals surface area contributed by atoms with Crippen LogP contribution in [0.1, 0.15) is 45.6 Å². The third-order valence-corrected chi connectivity index (χ3v) is 5.64. The number of carbonyl (C=O) groups excluding carboxylic acids is 1. The summed E-state index contributed by atoms with van der Waals surface area (Å²) in [6, 6.07) is 13.1. The Bertz CT molecular complexity index is 1190. The zero-order chi connectivity index (χ0) is 26.5. The summed E-state index contributed by atoms with van der Waals surface area (Å²) >= 11 is 0. The summed E-state index contributed by atoms with van der Waals surface area (Å²) < 4.78 is 39.1. The molecule has 0 bridgehead atoms. The Balaban J connectivity index is 1.60. The Morgan fingerprint density at radius 1 is 1.14 bits per heavy atom. The Kier molecular flexibility index (Phi) is 8.54. The second-order valence-electron chi connectivity index (χ2n) is 8.79. The molecule has 36 heavy (non-hydrogen) atoms. The van der Waals surface area contributed by atoms with E-state index in [-0.39, 0.29) is 24.1 Å². The molecule has 0 spiro atoms. The van der Waals surface area contributed by atoms with Crippen molar-refractivity contribution in [2.75, 3.05) is 19.3 Å². The first-order valence-electron chi connectivity index (χ1n) is 11.3. The highest BCUT2D eigenvalue weighted by atomic mass is 19.4. The first kappa shape index (κ1) is 27.0. The van der Waals surface area contributed by atoms with Gasteiger partial charge in [0.25, 0.3) is 5.91 Å². The number of nitrogens with two attached hydrogens (primary N) is 1. The van der Waals surface area contributed by atoms with Gasteiger partial charge in [0.2, 0.25) is 0 Å². The number of aliphatic hydroxyl groups is 1. The number of nitrogens with one attached hydrogen (secondary N) is 1. The number of nitrogen functional groups attached to an aromatic ring is 1. The number of amides is 1. The van der Waals surface area contributed by atoms with Crippen molar-refractivity contribution >= 4 is 11.7 Å². The average Bonchev–Trinajstić information content (AvgIpc) is 2.81. The molecule has 10 heteroatoms. The largest absolute Gasteiger partial charge is 0.508 e. The summed E-state index contributed by atoms with van der Waals surface area (Å²) in [5.74, 6) is -0.497. The minimum atomic E-state index is -4.60. The molecule has 0 unspecified atom stereocenters. The van der Waals surface area contributed by atoms with E-state index in [0.717, 1.165) is 11.6 Å². The Hall–Kier alpha value is -3.63. The molecule has 0 saturated heterocycles. The van der Waals surface area contributed by atoms with Crippen LogP contribution >= 0.6 is 0 Å². The molecule has 1 aromatic heterocycles. The smallest absolute Gasteiger partial charge is 0.416 e. The van der Waals surface area contributed by atoms with Gasteiger partial charge in [-0.1, -0.05) is 18.2 Å². The van der Waals surface area contributed by atoms with Crippen LogP contribution in [0.2, 0.25) is 0 Å². The van der Waals surface area contributed by atoms with E-state index in [4.69, 9.17) is 5.73 Å². The molecular formula is C26H29F3N4O3. The summed E-state index contributed by atoms with van der Waals surface area (Å²) in [5, 5.41) is 23.3. The van der Waals surface area contributed by atoms with Gasteiger partial charge in [0, 0.05) is 43.5 Å². The summed E-state index contributed by atoms with van der Waals surface area (Å²) in [6.07, 6.45) is -3.24. The van der Waals surface area contributed by atoms with Gasteiger partial charge in [0.1, 0.15) is 11.6 Å². The van der Waals surface area contributed by atoms with Crippen molar-refractivity contribution in [3.63, 3.8) is 0 Å². The van der Waals surface area contributed by atoms with Crippen LogP contribution in [0.15, 0.2) is 60.8 Å². The topological polar surface area (TPSA) is 112 Å². The molecule has 0 aliphatic heterocycles. The van der Waals surface area contributed by atoms with E-state index in [0.29, 0.717) is 36.0 Å². The maximum Gasteiger partial charge on any atom is 0.416 e. The molecule has 5 N–H and O–H groups in total. The number of rotatable bonds is 9. The zero-order valence-corrected chi connectivity index (χ0v) is 20.0. The standard InChI is InChI=1S/C26H29F3N4O3/c1-16(31-14-23(35)20-6-7-24(30)32-13-20)8-17-4-3-5-19(9-17)25(36)33(2)15-18-10-21(26(27,28)29)12-22(34)11-18/h3-7,9-13,16,23,31,34-35H,8,14-15H2,1-2H3,(H2,30,32)/t16-,23-/m1/s1. The van der Waals surface area contributed by atoms with Crippen LogP contribution in [-0.4, -0.2) is 45.6 Å². The number of halogens is 3. The van der Waals surface area contributed by atoms with Crippen molar-refractivity contribution in [3.8, 4) is 5.75 Å². The van der Waals surface area contributed by atoms with Crippen LogP contribution < -0.4 is 11.1 Å². The van der Waals surface area contributed by atoms with Gasteiger partial charge in [0.05, 0.1) is 11.7 Å². The van der Waals surface area contributed by atoms with Crippen LogP contribution in [0.3, 0.4) is 0 Å². The molecule has 1 amide bonds. The van der Waals surface area contributed by atoms with E-state index < -0.39 is 23.6 Å². The fraction of sp³-hybridized carbons (Fsp3) is 0.308.